The maximum atomic E-state index is 6.04. The van der Waals surface area contributed by atoms with Gasteiger partial charge in [-0.1, -0.05) is 42.2 Å². The van der Waals surface area contributed by atoms with Crippen molar-refractivity contribution in [1.82, 2.24) is 5.32 Å². The van der Waals surface area contributed by atoms with Crippen LogP contribution in [0, 0.1) is 0 Å². The minimum absolute atomic E-state index is 0.483. The molecule has 0 spiro atoms. The van der Waals surface area contributed by atoms with E-state index in [-0.39, 0.29) is 0 Å². The van der Waals surface area contributed by atoms with Gasteiger partial charge in [-0.15, -0.1) is 11.8 Å². The van der Waals surface area contributed by atoms with Crippen molar-refractivity contribution in [2.45, 2.75) is 49.5 Å². The molecule has 0 radical (unpaired) electrons. The van der Waals surface area contributed by atoms with Crippen LogP contribution in [0.3, 0.4) is 0 Å². The summed E-state index contributed by atoms with van der Waals surface area (Å²) in [4.78, 5) is 1.25. The van der Waals surface area contributed by atoms with E-state index in [0.717, 1.165) is 10.8 Å². The van der Waals surface area contributed by atoms with Crippen molar-refractivity contribution in [3.05, 3.63) is 40.9 Å². The monoisotopic (exact) mass is 309 g/mol. The van der Waals surface area contributed by atoms with Gasteiger partial charge in [0.1, 0.15) is 0 Å². The van der Waals surface area contributed by atoms with Gasteiger partial charge in [-0.2, -0.15) is 0 Å². The lowest BCUT2D eigenvalue weighted by molar-refractivity contribution is 0.583. The molecule has 20 heavy (non-hydrogen) atoms. The smallest absolute Gasteiger partial charge is 0.0417 e. The third-order valence-corrected chi connectivity index (χ3v) is 5.16. The molecule has 0 aliphatic heterocycles. The molecule has 0 bridgehead atoms. The van der Waals surface area contributed by atoms with Crippen LogP contribution in [0.5, 0.6) is 0 Å². The molecule has 0 saturated carbocycles. The van der Waals surface area contributed by atoms with Gasteiger partial charge in [0.05, 0.1) is 0 Å². The second-order valence-corrected chi connectivity index (χ2v) is 6.87. The lowest BCUT2D eigenvalue weighted by Gasteiger charge is -2.21. The molecular formula is C17H24ClNS. The Morgan fingerprint density at radius 2 is 2.10 bits per heavy atom. The van der Waals surface area contributed by atoms with Crippen LogP contribution >= 0.6 is 23.4 Å². The van der Waals surface area contributed by atoms with E-state index in [1.807, 2.05) is 30.0 Å². The zero-order valence-electron chi connectivity index (χ0n) is 12.2. The summed E-state index contributed by atoms with van der Waals surface area (Å²) in [7, 11) is 2.07. The van der Waals surface area contributed by atoms with Crippen molar-refractivity contribution >= 4 is 23.4 Å². The summed E-state index contributed by atoms with van der Waals surface area (Å²) in [5.41, 5.74) is 1.60. The van der Waals surface area contributed by atoms with Gasteiger partial charge >= 0.3 is 0 Å². The molecule has 1 nitrogen and oxygen atoms in total. The van der Waals surface area contributed by atoms with Crippen LogP contribution in [0.25, 0.3) is 0 Å². The van der Waals surface area contributed by atoms with Gasteiger partial charge < -0.3 is 5.32 Å². The molecule has 0 amide bonds. The van der Waals surface area contributed by atoms with Gasteiger partial charge in [0.15, 0.2) is 0 Å². The zero-order chi connectivity index (χ0) is 14.2. The van der Waals surface area contributed by atoms with Crippen LogP contribution < -0.4 is 5.32 Å². The van der Waals surface area contributed by atoms with Crippen LogP contribution in [0.1, 0.15) is 38.5 Å². The molecule has 1 aromatic rings. The Morgan fingerprint density at radius 1 is 1.25 bits per heavy atom. The highest BCUT2D eigenvalue weighted by atomic mass is 35.5. The van der Waals surface area contributed by atoms with Crippen molar-refractivity contribution in [2.75, 3.05) is 12.8 Å². The zero-order valence-corrected chi connectivity index (χ0v) is 13.8. The molecule has 1 aliphatic rings. The summed E-state index contributed by atoms with van der Waals surface area (Å²) in [6, 6.07) is 8.62. The van der Waals surface area contributed by atoms with E-state index in [1.54, 1.807) is 5.57 Å². The predicted octanol–water partition coefficient (Wildman–Crippen LogP) is 5.30. The lowest BCUT2D eigenvalue weighted by Crippen LogP contribution is -2.30. The Kier molecular flexibility index (Phi) is 6.98. The Morgan fingerprint density at radius 3 is 2.90 bits per heavy atom. The number of allylic oxidation sites excluding steroid dienone is 1. The number of likely N-dealkylation sites (N-methyl/N-ethyl adjacent to an activating group) is 1. The van der Waals surface area contributed by atoms with Gasteiger partial charge in [0.2, 0.25) is 0 Å². The number of nitrogens with one attached hydrogen (secondary N) is 1. The fourth-order valence-electron chi connectivity index (χ4n) is 2.65. The van der Waals surface area contributed by atoms with Crippen molar-refractivity contribution < 1.29 is 0 Å². The first kappa shape index (κ1) is 15.9. The maximum Gasteiger partial charge on any atom is 0.0417 e. The molecule has 3 heteroatoms. The highest BCUT2D eigenvalue weighted by Gasteiger charge is 2.13. The molecule has 1 unspecified atom stereocenters. The van der Waals surface area contributed by atoms with E-state index in [9.17, 15) is 0 Å². The molecule has 1 aliphatic carbocycles. The average Bonchev–Trinajstić information content (AvgIpc) is 2.41. The van der Waals surface area contributed by atoms with Crippen molar-refractivity contribution in [3.8, 4) is 0 Å². The van der Waals surface area contributed by atoms with E-state index in [2.05, 4.69) is 24.5 Å². The molecule has 0 saturated heterocycles. The molecule has 0 fully saturated rings. The predicted molar refractivity (Wildman–Crippen MR) is 90.8 cm³/mol. The second kappa shape index (κ2) is 8.76. The highest BCUT2D eigenvalue weighted by Crippen LogP contribution is 2.26. The Hall–Kier alpha value is -0.440. The van der Waals surface area contributed by atoms with E-state index in [4.69, 9.17) is 11.6 Å². The van der Waals surface area contributed by atoms with Gasteiger partial charge in [0.25, 0.3) is 0 Å². The highest BCUT2D eigenvalue weighted by molar-refractivity contribution is 7.99. The molecule has 1 N–H and O–H groups in total. The number of hydrogen-bond acceptors (Lipinski definition) is 2. The minimum atomic E-state index is 0.483. The molecule has 0 heterocycles. The van der Waals surface area contributed by atoms with Crippen molar-refractivity contribution in [2.24, 2.45) is 0 Å². The normalized spacial score (nSPS) is 20.6. The largest absolute Gasteiger partial charge is 0.313 e. The summed E-state index contributed by atoms with van der Waals surface area (Å²) in [5, 5.41) is 4.30. The van der Waals surface area contributed by atoms with Crippen LogP contribution in [0.2, 0.25) is 5.02 Å². The van der Waals surface area contributed by atoms with Crippen LogP contribution in [-0.2, 0) is 0 Å². The fraction of sp³-hybridized carbons (Fsp3) is 0.529. The van der Waals surface area contributed by atoms with Crippen LogP contribution in [0.15, 0.2) is 40.8 Å². The van der Waals surface area contributed by atoms with Gasteiger partial charge in [-0.3, -0.25) is 0 Å². The third kappa shape index (κ3) is 5.16. The first-order chi connectivity index (χ1) is 9.79. The fourth-order valence-corrected chi connectivity index (χ4v) is 4.03. The van der Waals surface area contributed by atoms with Gasteiger partial charge in [0, 0.05) is 21.7 Å². The number of rotatable bonds is 5. The Bertz CT molecular complexity index is 444. The summed E-state index contributed by atoms with van der Waals surface area (Å²) >= 11 is 7.93. The van der Waals surface area contributed by atoms with Crippen LogP contribution in [0.4, 0.5) is 0 Å². The maximum absolute atomic E-state index is 6.04. The van der Waals surface area contributed by atoms with Crippen LogP contribution in [-0.4, -0.2) is 18.8 Å². The quantitative estimate of drug-likeness (QED) is 0.585. The lowest BCUT2D eigenvalue weighted by atomic mass is 9.96. The molecule has 1 aromatic carbocycles. The number of thioether (sulfide) groups is 1. The van der Waals surface area contributed by atoms with E-state index in [1.165, 1.54) is 43.4 Å². The summed E-state index contributed by atoms with van der Waals surface area (Å²) in [6.45, 7) is 0. The molecule has 2 rings (SSSR count). The first-order valence-corrected chi connectivity index (χ1v) is 8.90. The SMILES string of the molecule is CNC(CSc1cccc(Cl)c1)/C1=C/CCCCCC1. The molecule has 1 atom stereocenters. The molecular weight excluding hydrogens is 286 g/mol. The number of halogens is 1. The molecule has 110 valence electrons. The van der Waals surface area contributed by atoms with E-state index in [0.29, 0.717) is 6.04 Å². The standard InChI is InChI=1S/C17H24ClNS/c1-19-17(14-8-5-3-2-4-6-9-14)13-20-16-11-7-10-15(18)12-16/h7-8,10-12,17,19H,2-6,9,13H2,1H3/b14-8+. The van der Waals surface area contributed by atoms with E-state index >= 15 is 0 Å². The third-order valence-electron chi connectivity index (χ3n) is 3.83. The topological polar surface area (TPSA) is 12.0 Å². The van der Waals surface area contributed by atoms with Crippen molar-refractivity contribution in [1.29, 1.82) is 0 Å². The number of benzene rings is 1. The van der Waals surface area contributed by atoms with E-state index < -0.39 is 0 Å². The summed E-state index contributed by atoms with van der Waals surface area (Å²) < 4.78 is 0. The number of hydrogen-bond donors (Lipinski definition) is 1. The summed E-state index contributed by atoms with van der Waals surface area (Å²) in [6.07, 6.45) is 10.4. The Balaban J connectivity index is 1.94. The first-order valence-electron chi connectivity index (χ1n) is 7.54. The molecule has 0 aromatic heterocycles. The average molecular weight is 310 g/mol. The minimum Gasteiger partial charge on any atom is -0.313 e. The Labute approximate surface area is 132 Å². The van der Waals surface area contributed by atoms with Crippen molar-refractivity contribution in [3.63, 3.8) is 0 Å². The van der Waals surface area contributed by atoms with Gasteiger partial charge in [-0.25, -0.2) is 0 Å². The second-order valence-electron chi connectivity index (χ2n) is 5.34. The summed E-state index contributed by atoms with van der Waals surface area (Å²) in [5.74, 6) is 1.07. The van der Waals surface area contributed by atoms with Gasteiger partial charge in [-0.05, 0) is 50.9 Å².